The van der Waals surface area contributed by atoms with Crippen molar-refractivity contribution in [1.82, 2.24) is 15.3 Å². The van der Waals surface area contributed by atoms with Crippen LogP contribution in [-0.2, 0) is 12.0 Å². The fourth-order valence-electron chi connectivity index (χ4n) is 2.05. The number of aromatic amines is 1. The maximum Gasteiger partial charge on any atom is 0.108 e. The van der Waals surface area contributed by atoms with Gasteiger partial charge in [-0.25, -0.2) is 4.98 Å². The molecule has 0 saturated carbocycles. The molecule has 0 saturated heterocycles. The normalized spacial score (nSPS) is 13.4. The van der Waals surface area contributed by atoms with Crippen molar-refractivity contribution in [2.24, 2.45) is 0 Å². The summed E-state index contributed by atoms with van der Waals surface area (Å²) in [5, 5.41) is 14.1. The van der Waals surface area contributed by atoms with Gasteiger partial charge in [-0.2, -0.15) is 0 Å². The quantitative estimate of drug-likeness (QED) is 0.767. The van der Waals surface area contributed by atoms with E-state index in [0.29, 0.717) is 13.0 Å². The number of hydrogen-bond acceptors (Lipinski definition) is 3. The minimum atomic E-state index is -0.479. The molecule has 0 bridgehead atoms. The van der Waals surface area contributed by atoms with Crippen LogP contribution in [0.2, 0.25) is 5.02 Å². The molecule has 3 N–H and O–H groups in total. The highest BCUT2D eigenvalue weighted by molar-refractivity contribution is 6.30. The average molecular weight is 294 g/mol. The van der Waals surface area contributed by atoms with Gasteiger partial charge in [-0.3, -0.25) is 0 Å². The molecule has 2 rings (SSSR count). The molecule has 2 aromatic rings. The van der Waals surface area contributed by atoms with Gasteiger partial charge in [0.1, 0.15) is 5.82 Å². The van der Waals surface area contributed by atoms with Crippen molar-refractivity contribution in [2.45, 2.75) is 31.9 Å². The van der Waals surface area contributed by atoms with Gasteiger partial charge in [-0.1, -0.05) is 23.7 Å². The molecule has 1 aromatic carbocycles. The van der Waals surface area contributed by atoms with E-state index >= 15 is 0 Å². The molecule has 20 heavy (non-hydrogen) atoms. The second-order valence-electron chi connectivity index (χ2n) is 5.41. The summed E-state index contributed by atoms with van der Waals surface area (Å²) in [4.78, 5) is 7.10. The number of halogens is 1. The Kier molecular flexibility index (Phi) is 4.81. The van der Waals surface area contributed by atoms with E-state index in [1.54, 1.807) is 12.4 Å². The molecule has 4 nitrogen and oxygen atoms in total. The zero-order valence-electron chi connectivity index (χ0n) is 11.7. The topological polar surface area (TPSA) is 60.9 Å². The summed E-state index contributed by atoms with van der Waals surface area (Å²) in [6.45, 7) is 4.65. The Hall–Kier alpha value is -1.36. The number of benzene rings is 1. The van der Waals surface area contributed by atoms with Crippen molar-refractivity contribution in [3.63, 3.8) is 0 Å². The standard InChI is InChI=1S/C15H20ClN3O/c1-15(2,11-3-5-12(16)6-4-11)19-10-13(20)9-14-17-7-8-18-14/h3-8,13,19-20H,9-10H2,1-2H3,(H,17,18). The molecule has 0 spiro atoms. The number of hydrogen-bond donors (Lipinski definition) is 3. The van der Waals surface area contributed by atoms with Crippen LogP contribution in [-0.4, -0.2) is 27.7 Å². The monoisotopic (exact) mass is 293 g/mol. The summed E-state index contributed by atoms with van der Waals surface area (Å²) in [5.74, 6) is 0.795. The first-order valence-corrected chi connectivity index (χ1v) is 7.02. The highest BCUT2D eigenvalue weighted by Gasteiger charge is 2.21. The van der Waals surface area contributed by atoms with Gasteiger partial charge in [0.05, 0.1) is 6.10 Å². The molecular formula is C15H20ClN3O. The zero-order chi connectivity index (χ0) is 14.6. The van der Waals surface area contributed by atoms with E-state index in [1.807, 2.05) is 24.3 Å². The maximum atomic E-state index is 10.0. The van der Waals surface area contributed by atoms with Gasteiger partial charge >= 0.3 is 0 Å². The van der Waals surface area contributed by atoms with Crippen LogP contribution in [0.1, 0.15) is 25.2 Å². The smallest absolute Gasteiger partial charge is 0.108 e. The molecule has 1 atom stereocenters. The fraction of sp³-hybridized carbons (Fsp3) is 0.400. The summed E-state index contributed by atoms with van der Waals surface area (Å²) in [6, 6.07) is 7.74. The van der Waals surface area contributed by atoms with Crippen molar-refractivity contribution in [3.05, 3.63) is 53.1 Å². The van der Waals surface area contributed by atoms with Crippen LogP contribution in [0.3, 0.4) is 0 Å². The Morgan fingerprint density at radius 1 is 1.35 bits per heavy atom. The number of aliphatic hydroxyl groups is 1. The predicted octanol–water partition coefficient (Wildman–Crippen LogP) is 2.49. The van der Waals surface area contributed by atoms with Crippen LogP contribution in [0.15, 0.2) is 36.7 Å². The molecule has 5 heteroatoms. The van der Waals surface area contributed by atoms with Crippen molar-refractivity contribution in [2.75, 3.05) is 6.54 Å². The second-order valence-corrected chi connectivity index (χ2v) is 5.84. The first-order valence-electron chi connectivity index (χ1n) is 6.65. The summed E-state index contributed by atoms with van der Waals surface area (Å²) in [7, 11) is 0. The molecular weight excluding hydrogens is 274 g/mol. The summed E-state index contributed by atoms with van der Waals surface area (Å²) >= 11 is 5.90. The molecule has 0 fully saturated rings. The van der Waals surface area contributed by atoms with Gasteiger partial charge in [0, 0.05) is 35.9 Å². The van der Waals surface area contributed by atoms with E-state index in [4.69, 9.17) is 11.6 Å². The number of imidazole rings is 1. The fourth-order valence-corrected chi connectivity index (χ4v) is 2.17. The average Bonchev–Trinajstić information content (AvgIpc) is 2.90. The zero-order valence-corrected chi connectivity index (χ0v) is 12.5. The van der Waals surface area contributed by atoms with Crippen molar-refractivity contribution in [3.8, 4) is 0 Å². The van der Waals surface area contributed by atoms with Gasteiger partial charge in [0.2, 0.25) is 0 Å². The first-order chi connectivity index (χ1) is 9.47. The Morgan fingerprint density at radius 2 is 2.05 bits per heavy atom. The van der Waals surface area contributed by atoms with E-state index in [2.05, 4.69) is 29.1 Å². The van der Waals surface area contributed by atoms with Crippen molar-refractivity contribution in [1.29, 1.82) is 0 Å². The van der Waals surface area contributed by atoms with Crippen LogP contribution < -0.4 is 5.32 Å². The lowest BCUT2D eigenvalue weighted by molar-refractivity contribution is 0.156. The third-order valence-corrected chi connectivity index (χ3v) is 3.58. The second kappa shape index (κ2) is 6.39. The largest absolute Gasteiger partial charge is 0.391 e. The van der Waals surface area contributed by atoms with Crippen molar-refractivity contribution >= 4 is 11.6 Å². The minimum Gasteiger partial charge on any atom is -0.391 e. The number of aliphatic hydroxyl groups excluding tert-OH is 1. The summed E-state index contributed by atoms with van der Waals surface area (Å²) < 4.78 is 0. The minimum absolute atomic E-state index is 0.227. The lowest BCUT2D eigenvalue weighted by Gasteiger charge is -2.28. The highest BCUT2D eigenvalue weighted by Crippen LogP contribution is 2.21. The lowest BCUT2D eigenvalue weighted by Crippen LogP contribution is -2.41. The number of nitrogens with one attached hydrogen (secondary N) is 2. The third kappa shape index (κ3) is 4.07. The van der Waals surface area contributed by atoms with Crippen LogP contribution in [0.25, 0.3) is 0 Å². The van der Waals surface area contributed by atoms with E-state index in [0.717, 1.165) is 16.4 Å². The van der Waals surface area contributed by atoms with E-state index in [-0.39, 0.29) is 5.54 Å². The summed E-state index contributed by atoms with van der Waals surface area (Å²) in [5.41, 5.74) is 0.904. The molecule has 108 valence electrons. The van der Waals surface area contributed by atoms with Gasteiger partial charge in [0.15, 0.2) is 0 Å². The molecule has 1 heterocycles. The molecule has 0 amide bonds. The molecule has 0 aliphatic carbocycles. The number of H-pyrrole nitrogens is 1. The Morgan fingerprint density at radius 3 is 2.65 bits per heavy atom. The summed E-state index contributed by atoms with van der Waals surface area (Å²) in [6.07, 6.45) is 3.48. The Bertz CT molecular complexity index is 523. The van der Waals surface area contributed by atoms with Gasteiger partial charge in [-0.15, -0.1) is 0 Å². The van der Waals surface area contributed by atoms with E-state index < -0.39 is 6.10 Å². The Labute approximate surface area is 124 Å². The third-order valence-electron chi connectivity index (χ3n) is 3.33. The first kappa shape index (κ1) is 15.0. The number of rotatable bonds is 6. The van der Waals surface area contributed by atoms with Gasteiger partial charge in [0.25, 0.3) is 0 Å². The van der Waals surface area contributed by atoms with Gasteiger partial charge in [-0.05, 0) is 31.5 Å². The van der Waals surface area contributed by atoms with Crippen LogP contribution in [0, 0.1) is 0 Å². The van der Waals surface area contributed by atoms with E-state index in [9.17, 15) is 5.11 Å². The Balaban J connectivity index is 1.89. The SMILES string of the molecule is CC(C)(NCC(O)Cc1ncc[nH]1)c1ccc(Cl)cc1. The van der Waals surface area contributed by atoms with Crippen LogP contribution >= 0.6 is 11.6 Å². The highest BCUT2D eigenvalue weighted by atomic mass is 35.5. The maximum absolute atomic E-state index is 10.0. The predicted molar refractivity (Wildman–Crippen MR) is 80.8 cm³/mol. The molecule has 1 unspecified atom stereocenters. The van der Waals surface area contributed by atoms with Crippen molar-refractivity contribution < 1.29 is 5.11 Å². The van der Waals surface area contributed by atoms with Crippen LogP contribution in [0.5, 0.6) is 0 Å². The van der Waals surface area contributed by atoms with Crippen LogP contribution in [0.4, 0.5) is 0 Å². The molecule has 0 aliphatic heterocycles. The molecule has 0 radical (unpaired) electrons. The van der Waals surface area contributed by atoms with E-state index in [1.165, 1.54) is 0 Å². The molecule has 0 aliphatic rings. The molecule has 1 aromatic heterocycles. The number of aromatic nitrogens is 2. The number of nitrogens with zero attached hydrogens (tertiary/aromatic N) is 1. The van der Waals surface area contributed by atoms with Gasteiger partial charge < -0.3 is 15.4 Å². The lowest BCUT2D eigenvalue weighted by atomic mass is 9.94.